The van der Waals surface area contributed by atoms with Crippen LogP contribution in [-0.2, 0) is 20.6 Å². The van der Waals surface area contributed by atoms with Crippen LogP contribution in [0.15, 0.2) is 42.5 Å². The zero-order valence-corrected chi connectivity index (χ0v) is 17.2. The second-order valence-corrected chi connectivity index (χ2v) is 7.45. The third-order valence-electron chi connectivity index (χ3n) is 5.12. The molecule has 1 saturated heterocycles. The number of hydrogen-bond acceptors (Lipinski definition) is 4. The quantitative estimate of drug-likeness (QED) is 0.612. The number of anilines is 2. The van der Waals surface area contributed by atoms with Crippen LogP contribution in [0.3, 0.4) is 0 Å². The van der Waals surface area contributed by atoms with E-state index in [1.807, 2.05) is 6.92 Å². The maximum atomic E-state index is 12.6. The number of alkyl halides is 3. The first-order valence-electron chi connectivity index (χ1n) is 9.91. The van der Waals surface area contributed by atoms with E-state index in [2.05, 4.69) is 10.6 Å². The Bertz CT molecular complexity index is 1020. The van der Waals surface area contributed by atoms with Crippen molar-refractivity contribution in [1.29, 1.82) is 0 Å². The standard InChI is InChI=1S/C22H22F3N3O4/c1-13-4-9-16(11-17(13)28-10-2-3-19(28)30)27-21(32)20(31)26-12-18(29)14-5-7-15(8-6-14)22(23,24)25/h4-9,11,18,29H,2-3,10,12H2,1H3,(H,26,31)(H,27,32). The Labute approximate surface area is 182 Å². The first-order chi connectivity index (χ1) is 15.1. The predicted octanol–water partition coefficient (Wildman–Crippen LogP) is 2.93. The molecular weight excluding hydrogens is 427 g/mol. The van der Waals surface area contributed by atoms with Crippen LogP contribution in [0.4, 0.5) is 24.5 Å². The average molecular weight is 449 g/mol. The molecule has 3 rings (SSSR count). The van der Waals surface area contributed by atoms with Gasteiger partial charge in [-0.3, -0.25) is 14.4 Å². The molecule has 1 aliphatic rings. The van der Waals surface area contributed by atoms with Gasteiger partial charge in [-0.15, -0.1) is 0 Å². The number of rotatable bonds is 5. The molecule has 0 saturated carbocycles. The fourth-order valence-corrected chi connectivity index (χ4v) is 3.35. The largest absolute Gasteiger partial charge is 0.416 e. The van der Waals surface area contributed by atoms with Gasteiger partial charge < -0.3 is 20.6 Å². The van der Waals surface area contributed by atoms with Gasteiger partial charge in [0.2, 0.25) is 5.91 Å². The highest BCUT2D eigenvalue weighted by Crippen LogP contribution is 2.30. The summed E-state index contributed by atoms with van der Waals surface area (Å²) in [6, 6.07) is 8.80. The summed E-state index contributed by atoms with van der Waals surface area (Å²) in [5.41, 5.74) is 1.14. The lowest BCUT2D eigenvalue weighted by atomic mass is 10.1. The van der Waals surface area contributed by atoms with Gasteiger partial charge >= 0.3 is 18.0 Å². The normalized spacial score (nSPS) is 14.9. The molecule has 170 valence electrons. The lowest BCUT2D eigenvalue weighted by Gasteiger charge is -2.19. The summed E-state index contributed by atoms with van der Waals surface area (Å²) in [6.07, 6.45) is -4.58. The maximum Gasteiger partial charge on any atom is 0.416 e. The second kappa shape index (κ2) is 9.39. The molecule has 0 aliphatic carbocycles. The SMILES string of the molecule is Cc1ccc(NC(=O)C(=O)NCC(O)c2ccc(C(F)(F)F)cc2)cc1N1CCCC1=O. The number of aryl methyl sites for hydroxylation is 1. The molecule has 1 fully saturated rings. The number of halogens is 3. The molecule has 7 nitrogen and oxygen atoms in total. The van der Waals surface area contributed by atoms with Crippen molar-refractivity contribution in [3.63, 3.8) is 0 Å². The number of amides is 3. The van der Waals surface area contributed by atoms with Crippen LogP contribution in [0.5, 0.6) is 0 Å². The Balaban J connectivity index is 1.57. The summed E-state index contributed by atoms with van der Waals surface area (Å²) in [6.45, 7) is 2.06. The van der Waals surface area contributed by atoms with Crippen molar-refractivity contribution >= 4 is 29.1 Å². The van der Waals surface area contributed by atoms with E-state index in [0.717, 1.165) is 36.2 Å². The third-order valence-corrected chi connectivity index (χ3v) is 5.12. The van der Waals surface area contributed by atoms with E-state index in [4.69, 9.17) is 0 Å². The third kappa shape index (κ3) is 5.44. The number of carbonyl (C=O) groups is 3. The lowest BCUT2D eigenvalue weighted by molar-refractivity contribution is -0.137. The van der Waals surface area contributed by atoms with Crippen molar-refractivity contribution in [2.45, 2.75) is 32.0 Å². The molecule has 1 aliphatic heterocycles. The summed E-state index contributed by atoms with van der Waals surface area (Å²) in [5, 5.41) is 14.8. The van der Waals surface area contributed by atoms with E-state index in [1.165, 1.54) is 0 Å². The molecular formula is C22H22F3N3O4. The van der Waals surface area contributed by atoms with Crippen LogP contribution in [0.1, 0.15) is 35.6 Å². The van der Waals surface area contributed by atoms with Crippen LogP contribution >= 0.6 is 0 Å². The van der Waals surface area contributed by atoms with Crippen molar-refractivity contribution in [2.75, 3.05) is 23.3 Å². The summed E-state index contributed by atoms with van der Waals surface area (Å²) in [5.74, 6) is -2.01. The number of hydrogen-bond donors (Lipinski definition) is 3. The highest BCUT2D eigenvalue weighted by molar-refractivity contribution is 6.39. The molecule has 1 atom stereocenters. The first kappa shape index (κ1) is 23.3. The first-order valence-corrected chi connectivity index (χ1v) is 9.91. The molecule has 1 unspecified atom stereocenters. The zero-order valence-electron chi connectivity index (χ0n) is 17.2. The van der Waals surface area contributed by atoms with Crippen molar-refractivity contribution in [3.8, 4) is 0 Å². The van der Waals surface area contributed by atoms with Gasteiger partial charge in [-0.2, -0.15) is 13.2 Å². The highest BCUT2D eigenvalue weighted by atomic mass is 19.4. The molecule has 2 aromatic rings. The van der Waals surface area contributed by atoms with Crippen molar-refractivity contribution in [2.24, 2.45) is 0 Å². The Kier molecular flexibility index (Phi) is 6.83. The topological polar surface area (TPSA) is 98.7 Å². The van der Waals surface area contributed by atoms with Gasteiger partial charge in [-0.25, -0.2) is 0 Å². The molecule has 0 aromatic heterocycles. The van der Waals surface area contributed by atoms with Gasteiger partial charge in [0.15, 0.2) is 0 Å². The van der Waals surface area contributed by atoms with Crippen LogP contribution < -0.4 is 15.5 Å². The Morgan fingerprint density at radius 1 is 1.12 bits per heavy atom. The van der Waals surface area contributed by atoms with Crippen LogP contribution in [-0.4, -0.2) is 35.9 Å². The minimum atomic E-state index is -4.49. The molecule has 10 heteroatoms. The molecule has 1 heterocycles. The minimum absolute atomic E-state index is 0.00780. The van der Waals surface area contributed by atoms with Gasteiger partial charge in [-0.05, 0) is 48.7 Å². The fraction of sp³-hybridized carbons (Fsp3) is 0.318. The second-order valence-electron chi connectivity index (χ2n) is 7.45. The van der Waals surface area contributed by atoms with Gasteiger partial charge in [0.05, 0.1) is 11.7 Å². The van der Waals surface area contributed by atoms with Crippen molar-refractivity contribution in [3.05, 3.63) is 59.2 Å². The van der Waals surface area contributed by atoms with Crippen molar-refractivity contribution < 1.29 is 32.7 Å². The number of aliphatic hydroxyl groups is 1. The summed E-state index contributed by atoms with van der Waals surface area (Å²) in [7, 11) is 0. The molecule has 0 spiro atoms. The Morgan fingerprint density at radius 2 is 1.81 bits per heavy atom. The molecule has 0 bridgehead atoms. The van der Waals surface area contributed by atoms with E-state index < -0.39 is 29.7 Å². The van der Waals surface area contributed by atoms with Crippen molar-refractivity contribution in [1.82, 2.24) is 5.32 Å². The fourth-order valence-electron chi connectivity index (χ4n) is 3.35. The summed E-state index contributed by atoms with van der Waals surface area (Å²) < 4.78 is 37.8. The summed E-state index contributed by atoms with van der Waals surface area (Å²) in [4.78, 5) is 37.9. The Morgan fingerprint density at radius 3 is 2.41 bits per heavy atom. The van der Waals surface area contributed by atoms with Gasteiger partial charge in [0, 0.05) is 30.9 Å². The number of aliphatic hydroxyl groups excluding tert-OH is 1. The number of carbonyl (C=O) groups excluding carboxylic acids is 3. The van der Waals surface area contributed by atoms with E-state index in [0.29, 0.717) is 24.3 Å². The molecule has 3 N–H and O–H groups in total. The molecule has 2 aromatic carbocycles. The van der Waals surface area contributed by atoms with Crippen LogP contribution in [0, 0.1) is 6.92 Å². The minimum Gasteiger partial charge on any atom is -0.387 e. The highest BCUT2D eigenvalue weighted by Gasteiger charge is 2.30. The number of nitrogens with zero attached hydrogens (tertiary/aromatic N) is 1. The van der Waals surface area contributed by atoms with Gasteiger partial charge in [-0.1, -0.05) is 18.2 Å². The van der Waals surface area contributed by atoms with Gasteiger partial charge in [0.25, 0.3) is 0 Å². The van der Waals surface area contributed by atoms with Crippen LogP contribution in [0.2, 0.25) is 0 Å². The predicted molar refractivity (Wildman–Crippen MR) is 111 cm³/mol. The van der Waals surface area contributed by atoms with E-state index in [1.54, 1.807) is 23.1 Å². The Hall–Kier alpha value is -3.40. The summed E-state index contributed by atoms with van der Waals surface area (Å²) >= 11 is 0. The zero-order chi connectivity index (χ0) is 23.5. The number of nitrogens with one attached hydrogen (secondary N) is 2. The molecule has 32 heavy (non-hydrogen) atoms. The van der Waals surface area contributed by atoms with Gasteiger partial charge in [0.1, 0.15) is 0 Å². The smallest absolute Gasteiger partial charge is 0.387 e. The molecule has 3 amide bonds. The van der Waals surface area contributed by atoms with Crippen LogP contribution in [0.25, 0.3) is 0 Å². The van der Waals surface area contributed by atoms with E-state index >= 15 is 0 Å². The maximum absolute atomic E-state index is 12.6. The van der Waals surface area contributed by atoms with E-state index in [-0.39, 0.29) is 18.0 Å². The average Bonchev–Trinajstić information content (AvgIpc) is 3.18. The monoisotopic (exact) mass is 449 g/mol. The molecule has 0 radical (unpaired) electrons. The van der Waals surface area contributed by atoms with E-state index in [9.17, 15) is 32.7 Å². The number of benzene rings is 2. The lowest BCUT2D eigenvalue weighted by Crippen LogP contribution is -2.37.